The molecule has 1 saturated heterocycles. The third kappa shape index (κ3) is 3.55. The molecule has 128 valence electrons. The number of likely N-dealkylation sites (tertiary alicyclic amines) is 1. The highest BCUT2D eigenvalue weighted by Crippen LogP contribution is 2.18. The maximum Gasteiger partial charge on any atom is 0.244 e. The molecule has 1 N–H and O–H groups in total. The molecule has 7 heteroatoms. The summed E-state index contributed by atoms with van der Waals surface area (Å²) in [7, 11) is 0. The number of carbonyl (C=O) groups excluding carboxylic acids is 2. The number of benzene rings is 1. The molecule has 1 aliphatic rings. The van der Waals surface area contributed by atoms with Crippen molar-refractivity contribution < 1.29 is 9.59 Å². The molecule has 0 bridgehead atoms. The largest absolute Gasteiger partial charge is 0.356 e. The van der Waals surface area contributed by atoms with E-state index in [1.54, 1.807) is 9.58 Å². The molecule has 0 saturated carbocycles. The van der Waals surface area contributed by atoms with Gasteiger partial charge in [-0.2, -0.15) is 0 Å². The second-order valence-electron chi connectivity index (χ2n) is 6.21. The lowest BCUT2D eigenvalue weighted by Crippen LogP contribution is -2.46. The smallest absolute Gasteiger partial charge is 0.244 e. The zero-order valence-electron chi connectivity index (χ0n) is 13.9. The highest BCUT2D eigenvalue weighted by molar-refractivity contribution is 5.82. The van der Waals surface area contributed by atoms with Crippen molar-refractivity contribution in [3.05, 3.63) is 24.3 Å². The van der Waals surface area contributed by atoms with E-state index in [9.17, 15) is 9.59 Å². The van der Waals surface area contributed by atoms with Crippen LogP contribution in [0.1, 0.15) is 26.2 Å². The Morgan fingerprint density at radius 3 is 3.00 bits per heavy atom. The van der Waals surface area contributed by atoms with Crippen molar-refractivity contribution in [1.82, 2.24) is 25.2 Å². The first-order valence-electron chi connectivity index (χ1n) is 8.52. The van der Waals surface area contributed by atoms with E-state index >= 15 is 0 Å². The maximum absolute atomic E-state index is 12.6. The van der Waals surface area contributed by atoms with E-state index in [1.165, 1.54) is 0 Å². The van der Waals surface area contributed by atoms with Crippen molar-refractivity contribution in [3.63, 3.8) is 0 Å². The summed E-state index contributed by atoms with van der Waals surface area (Å²) in [5.41, 5.74) is 1.63. The first-order valence-corrected chi connectivity index (χ1v) is 8.52. The van der Waals surface area contributed by atoms with Crippen molar-refractivity contribution in [1.29, 1.82) is 0 Å². The topological polar surface area (TPSA) is 80.1 Å². The Morgan fingerprint density at radius 1 is 1.33 bits per heavy atom. The van der Waals surface area contributed by atoms with Crippen molar-refractivity contribution >= 4 is 22.8 Å². The molecule has 1 atom stereocenters. The van der Waals surface area contributed by atoms with Crippen LogP contribution in [0, 0.1) is 5.92 Å². The van der Waals surface area contributed by atoms with Crippen LogP contribution in [-0.2, 0) is 16.1 Å². The summed E-state index contributed by atoms with van der Waals surface area (Å²) in [5, 5.41) is 11.1. The van der Waals surface area contributed by atoms with E-state index in [2.05, 4.69) is 15.6 Å². The zero-order chi connectivity index (χ0) is 16.9. The zero-order valence-corrected chi connectivity index (χ0v) is 13.9. The van der Waals surface area contributed by atoms with Crippen LogP contribution >= 0.6 is 0 Å². The summed E-state index contributed by atoms with van der Waals surface area (Å²) in [4.78, 5) is 26.5. The monoisotopic (exact) mass is 329 g/mol. The van der Waals surface area contributed by atoms with Crippen molar-refractivity contribution in [2.24, 2.45) is 5.92 Å². The van der Waals surface area contributed by atoms with E-state index in [4.69, 9.17) is 0 Å². The molecule has 0 radical (unpaired) electrons. The minimum Gasteiger partial charge on any atom is -0.356 e. The van der Waals surface area contributed by atoms with Gasteiger partial charge in [0.1, 0.15) is 12.1 Å². The van der Waals surface area contributed by atoms with Crippen LogP contribution in [0.15, 0.2) is 24.3 Å². The molecule has 7 nitrogen and oxygen atoms in total. The van der Waals surface area contributed by atoms with Gasteiger partial charge in [-0.3, -0.25) is 9.59 Å². The number of hydrogen-bond donors (Lipinski definition) is 1. The molecule has 1 aromatic carbocycles. The number of rotatable bonds is 5. The van der Waals surface area contributed by atoms with E-state index in [0.717, 1.165) is 30.3 Å². The molecule has 0 unspecified atom stereocenters. The fraction of sp³-hybridized carbons (Fsp3) is 0.529. The number of amides is 2. The Morgan fingerprint density at radius 2 is 2.17 bits per heavy atom. The lowest BCUT2D eigenvalue weighted by atomic mass is 9.97. The summed E-state index contributed by atoms with van der Waals surface area (Å²) < 4.78 is 1.62. The van der Waals surface area contributed by atoms with Crippen LogP contribution in [0.5, 0.6) is 0 Å². The lowest BCUT2D eigenvalue weighted by molar-refractivity contribution is -0.136. The first-order chi connectivity index (χ1) is 11.7. The Bertz CT molecular complexity index is 727. The minimum atomic E-state index is -0.109. The Balaban J connectivity index is 1.63. The fourth-order valence-corrected chi connectivity index (χ4v) is 3.07. The van der Waals surface area contributed by atoms with Crippen molar-refractivity contribution in [3.8, 4) is 0 Å². The fourth-order valence-electron chi connectivity index (χ4n) is 3.07. The summed E-state index contributed by atoms with van der Waals surface area (Å²) in [6, 6.07) is 7.58. The minimum absolute atomic E-state index is 0.0151. The number of carbonyl (C=O) groups is 2. The van der Waals surface area contributed by atoms with Gasteiger partial charge in [0.05, 0.1) is 11.4 Å². The van der Waals surface area contributed by atoms with Gasteiger partial charge in [0.15, 0.2) is 0 Å². The third-order valence-electron chi connectivity index (χ3n) is 4.40. The Labute approximate surface area is 141 Å². The Hall–Kier alpha value is -2.44. The second kappa shape index (κ2) is 7.42. The molecule has 1 fully saturated rings. The number of hydrogen-bond acceptors (Lipinski definition) is 4. The molecule has 0 spiro atoms. The van der Waals surface area contributed by atoms with Gasteiger partial charge in [-0.15, -0.1) is 5.10 Å². The average Bonchev–Trinajstić information content (AvgIpc) is 3.03. The number of aromatic nitrogens is 3. The number of nitrogens with zero attached hydrogens (tertiary/aromatic N) is 4. The van der Waals surface area contributed by atoms with E-state index < -0.39 is 0 Å². The first kappa shape index (κ1) is 16.4. The molecule has 2 amide bonds. The summed E-state index contributed by atoms with van der Waals surface area (Å²) in [6.07, 6.45) is 2.61. The van der Waals surface area contributed by atoms with Gasteiger partial charge in [0, 0.05) is 19.6 Å². The van der Waals surface area contributed by atoms with Gasteiger partial charge in [0.25, 0.3) is 0 Å². The molecule has 2 aromatic rings. The summed E-state index contributed by atoms with van der Waals surface area (Å²) >= 11 is 0. The van der Waals surface area contributed by atoms with Crippen LogP contribution in [0.2, 0.25) is 0 Å². The molecule has 1 aliphatic heterocycles. The number of nitrogens with one attached hydrogen (secondary N) is 1. The molecule has 1 aromatic heterocycles. The number of piperidine rings is 1. The molecule has 0 aliphatic carbocycles. The van der Waals surface area contributed by atoms with Gasteiger partial charge < -0.3 is 10.2 Å². The predicted molar refractivity (Wildman–Crippen MR) is 90.1 cm³/mol. The van der Waals surface area contributed by atoms with E-state index in [0.29, 0.717) is 19.6 Å². The normalized spacial score (nSPS) is 17.9. The van der Waals surface area contributed by atoms with Crippen LogP contribution in [0.3, 0.4) is 0 Å². The molecular weight excluding hydrogens is 306 g/mol. The highest BCUT2D eigenvalue weighted by Gasteiger charge is 2.28. The number of para-hydroxylation sites is 1. The Kier molecular flexibility index (Phi) is 5.08. The maximum atomic E-state index is 12.6. The molecular formula is C17H23N5O2. The predicted octanol–water partition coefficient (Wildman–Crippen LogP) is 1.20. The molecule has 2 heterocycles. The lowest BCUT2D eigenvalue weighted by Gasteiger charge is -2.32. The highest BCUT2D eigenvalue weighted by atomic mass is 16.2. The van der Waals surface area contributed by atoms with E-state index in [-0.39, 0.29) is 24.3 Å². The molecule has 3 rings (SSSR count). The summed E-state index contributed by atoms with van der Waals surface area (Å²) in [5.74, 6) is -0.0686. The third-order valence-corrected chi connectivity index (χ3v) is 4.40. The number of fused-ring (bicyclic) bond motifs is 1. The van der Waals surface area contributed by atoms with Crippen molar-refractivity contribution in [2.45, 2.75) is 32.7 Å². The molecule has 24 heavy (non-hydrogen) atoms. The van der Waals surface area contributed by atoms with Crippen molar-refractivity contribution in [2.75, 3.05) is 19.6 Å². The second-order valence-corrected chi connectivity index (χ2v) is 6.21. The van der Waals surface area contributed by atoms with Gasteiger partial charge in [0.2, 0.25) is 11.8 Å². The summed E-state index contributed by atoms with van der Waals surface area (Å²) in [6.45, 7) is 4.06. The van der Waals surface area contributed by atoms with Gasteiger partial charge in [-0.25, -0.2) is 4.68 Å². The van der Waals surface area contributed by atoms with Gasteiger partial charge >= 0.3 is 0 Å². The van der Waals surface area contributed by atoms with E-state index in [1.807, 2.05) is 31.2 Å². The van der Waals surface area contributed by atoms with Gasteiger partial charge in [-0.1, -0.05) is 24.3 Å². The quantitative estimate of drug-likeness (QED) is 0.894. The SMILES string of the molecule is CCCNC(=O)[C@@H]1CCCN(C(=O)Cn2nnc3ccccc32)C1. The standard InChI is InChI=1S/C17H23N5O2/c1-2-9-18-17(24)13-6-5-10-21(11-13)16(23)12-22-15-8-4-3-7-14(15)19-20-22/h3-4,7-8,13H,2,5-6,9-12H2,1H3,(H,18,24)/t13-/m1/s1. The van der Waals surface area contributed by atoms with Crippen LogP contribution in [0.25, 0.3) is 11.0 Å². The van der Waals surface area contributed by atoms with Gasteiger partial charge in [-0.05, 0) is 31.4 Å². The van der Waals surface area contributed by atoms with Crippen LogP contribution < -0.4 is 5.32 Å². The average molecular weight is 329 g/mol. The van der Waals surface area contributed by atoms with Crippen LogP contribution in [-0.4, -0.2) is 51.3 Å². The van der Waals surface area contributed by atoms with Crippen LogP contribution in [0.4, 0.5) is 0 Å².